The number of aromatic nitrogens is 2. The Labute approximate surface area is 149 Å². The number of hydrogen-bond acceptors (Lipinski definition) is 4. The third-order valence-corrected chi connectivity index (χ3v) is 4.14. The number of nitrogens with two attached hydrogens (primary N) is 1. The van der Waals surface area contributed by atoms with Crippen molar-refractivity contribution in [1.29, 1.82) is 0 Å². The predicted octanol–water partition coefficient (Wildman–Crippen LogP) is 3.81. The number of rotatable bonds is 4. The lowest BCUT2D eigenvalue weighted by atomic mass is 9.98. The number of pyridine rings is 2. The zero-order chi connectivity index (χ0) is 18.0. The quantitative estimate of drug-likeness (QED) is 0.695. The predicted molar refractivity (Wildman–Crippen MR) is 97.0 cm³/mol. The Kier molecular flexibility index (Phi) is 4.81. The Morgan fingerprint density at radius 3 is 2.80 bits per heavy atom. The van der Waals surface area contributed by atoms with Gasteiger partial charge < -0.3 is 11.1 Å². The maximum absolute atomic E-state index is 14.5. The summed E-state index contributed by atoms with van der Waals surface area (Å²) in [5.41, 5.74) is 7.16. The lowest BCUT2D eigenvalue weighted by Crippen LogP contribution is -2.26. The maximum atomic E-state index is 14.5. The Hall–Kier alpha value is -2.73. The average Bonchev–Trinajstić information content (AvgIpc) is 2.61. The molecule has 3 aromatic rings. The first-order chi connectivity index (χ1) is 12.0. The minimum atomic E-state index is -0.466. The van der Waals surface area contributed by atoms with Crippen molar-refractivity contribution >= 4 is 34.0 Å². The summed E-state index contributed by atoms with van der Waals surface area (Å²) >= 11 is 6.12. The molecule has 0 saturated heterocycles. The summed E-state index contributed by atoms with van der Waals surface area (Å²) in [5.74, 6) is -0.821. The van der Waals surface area contributed by atoms with Gasteiger partial charge in [0.2, 0.25) is 0 Å². The molecule has 7 heteroatoms. The molecule has 0 saturated carbocycles. The first-order valence-electron chi connectivity index (χ1n) is 7.80. The van der Waals surface area contributed by atoms with E-state index in [4.69, 9.17) is 17.3 Å². The van der Waals surface area contributed by atoms with Gasteiger partial charge in [-0.05, 0) is 30.7 Å². The lowest BCUT2D eigenvalue weighted by molar-refractivity contribution is 0.0950. The molecule has 0 aliphatic carbocycles. The van der Waals surface area contributed by atoms with Crippen molar-refractivity contribution in [2.75, 3.05) is 12.3 Å². The van der Waals surface area contributed by atoms with Crippen molar-refractivity contribution in [3.63, 3.8) is 0 Å². The Morgan fingerprint density at radius 2 is 2.08 bits per heavy atom. The topological polar surface area (TPSA) is 80.9 Å². The molecule has 2 aromatic heterocycles. The molecule has 3 N–H and O–H groups in total. The van der Waals surface area contributed by atoms with E-state index in [0.717, 1.165) is 6.42 Å². The van der Waals surface area contributed by atoms with Gasteiger partial charge in [0, 0.05) is 40.8 Å². The molecule has 0 atom stereocenters. The van der Waals surface area contributed by atoms with Crippen molar-refractivity contribution < 1.29 is 9.18 Å². The minimum Gasteiger partial charge on any atom is -0.396 e. The summed E-state index contributed by atoms with van der Waals surface area (Å²) in [4.78, 5) is 20.3. The fourth-order valence-electron chi connectivity index (χ4n) is 2.64. The monoisotopic (exact) mass is 358 g/mol. The fourth-order valence-corrected chi connectivity index (χ4v) is 2.85. The molecule has 0 radical (unpaired) electrons. The Morgan fingerprint density at radius 1 is 1.28 bits per heavy atom. The zero-order valence-corrected chi connectivity index (χ0v) is 14.3. The fraction of sp³-hybridized carbons (Fsp3) is 0.167. The van der Waals surface area contributed by atoms with E-state index in [0.29, 0.717) is 22.9 Å². The van der Waals surface area contributed by atoms with Crippen LogP contribution in [0.3, 0.4) is 0 Å². The van der Waals surface area contributed by atoms with Crippen molar-refractivity contribution in [1.82, 2.24) is 15.3 Å². The van der Waals surface area contributed by atoms with Gasteiger partial charge in [0.05, 0.1) is 5.69 Å². The number of fused-ring (bicyclic) bond motifs is 1. The first-order valence-corrected chi connectivity index (χ1v) is 8.18. The number of halogens is 2. The molecule has 25 heavy (non-hydrogen) atoms. The van der Waals surface area contributed by atoms with Crippen molar-refractivity contribution in [2.24, 2.45) is 0 Å². The van der Waals surface area contributed by atoms with Crippen LogP contribution in [-0.4, -0.2) is 22.4 Å². The second-order valence-corrected chi connectivity index (χ2v) is 5.86. The molecule has 0 unspecified atom stereocenters. The van der Waals surface area contributed by atoms with Gasteiger partial charge in [-0.3, -0.25) is 4.79 Å². The van der Waals surface area contributed by atoms with Crippen molar-refractivity contribution in [2.45, 2.75) is 13.3 Å². The molecule has 2 heterocycles. The number of carbonyl (C=O) groups is 1. The van der Waals surface area contributed by atoms with Gasteiger partial charge >= 0.3 is 0 Å². The standard InChI is InChI=1S/C18H16ClFN4O/c1-2-7-23-18(25)16-15(21)10-5-6-13(20)14(12(10)9-24-16)11-4-3-8-22-17(11)19/h3-6,8-9H,2,7,21H2,1H3,(H,23,25). The second kappa shape index (κ2) is 7.03. The summed E-state index contributed by atoms with van der Waals surface area (Å²) < 4.78 is 14.5. The van der Waals surface area contributed by atoms with Gasteiger partial charge in [-0.25, -0.2) is 14.4 Å². The van der Waals surface area contributed by atoms with Crippen LogP contribution in [0.15, 0.2) is 36.7 Å². The van der Waals surface area contributed by atoms with Gasteiger partial charge in [0.1, 0.15) is 11.0 Å². The normalized spacial score (nSPS) is 10.8. The average molecular weight is 359 g/mol. The van der Waals surface area contributed by atoms with E-state index in [1.807, 2.05) is 6.92 Å². The lowest BCUT2D eigenvalue weighted by Gasteiger charge is -2.13. The number of nitrogen functional groups attached to an aromatic ring is 1. The largest absolute Gasteiger partial charge is 0.396 e. The van der Waals surface area contributed by atoms with E-state index in [1.54, 1.807) is 12.1 Å². The van der Waals surface area contributed by atoms with E-state index in [1.165, 1.54) is 24.5 Å². The third-order valence-electron chi connectivity index (χ3n) is 3.84. The van der Waals surface area contributed by atoms with Crippen LogP contribution in [0.25, 0.3) is 21.9 Å². The molecular weight excluding hydrogens is 343 g/mol. The van der Waals surface area contributed by atoms with Crippen LogP contribution in [-0.2, 0) is 0 Å². The maximum Gasteiger partial charge on any atom is 0.272 e. The number of nitrogens with zero attached hydrogens (tertiary/aromatic N) is 2. The van der Waals surface area contributed by atoms with Gasteiger partial charge in [0.25, 0.3) is 5.91 Å². The van der Waals surface area contributed by atoms with E-state index in [9.17, 15) is 9.18 Å². The molecule has 1 amide bonds. The van der Waals surface area contributed by atoms with Crippen LogP contribution in [0, 0.1) is 5.82 Å². The molecule has 3 rings (SSSR count). The van der Waals surface area contributed by atoms with E-state index in [2.05, 4.69) is 15.3 Å². The van der Waals surface area contributed by atoms with Crippen LogP contribution in [0.1, 0.15) is 23.8 Å². The highest BCUT2D eigenvalue weighted by atomic mass is 35.5. The second-order valence-electron chi connectivity index (χ2n) is 5.50. The highest BCUT2D eigenvalue weighted by Gasteiger charge is 2.19. The number of hydrogen-bond donors (Lipinski definition) is 2. The molecule has 128 valence electrons. The van der Waals surface area contributed by atoms with E-state index in [-0.39, 0.29) is 28.0 Å². The Balaban J connectivity index is 2.21. The van der Waals surface area contributed by atoms with Crippen LogP contribution in [0.2, 0.25) is 5.15 Å². The van der Waals surface area contributed by atoms with Crippen LogP contribution in [0.4, 0.5) is 10.1 Å². The van der Waals surface area contributed by atoms with Crippen molar-refractivity contribution in [3.05, 3.63) is 53.3 Å². The number of nitrogens with one attached hydrogen (secondary N) is 1. The third kappa shape index (κ3) is 3.13. The number of amides is 1. The highest BCUT2D eigenvalue weighted by Crippen LogP contribution is 2.36. The first kappa shape index (κ1) is 17.1. The van der Waals surface area contributed by atoms with E-state index >= 15 is 0 Å². The zero-order valence-electron chi connectivity index (χ0n) is 13.5. The number of anilines is 1. The molecule has 5 nitrogen and oxygen atoms in total. The smallest absolute Gasteiger partial charge is 0.272 e. The number of benzene rings is 1. The summed E-state index contributed by atoms with van der Waals surface area (Å²) in [6.07, 6.45) is 3.76. The molecule has 0 fully saturated rings. The molecule has 0 bridgehead atoms. The highest BCUT2D eigenvalue weighted by molar-refractivity contribution is 6.32. The molecule has 0 aliphatic rings. The molecular formula is C18H16ClFN4O. The van der Waals surface area contributed by atoms with Gasteiger partial charge in [-0.15, -0.1) is 0 Å². The van der Waals surface area contributed by atoms with Crippen LogP contribution >= 0.6 is 11.6 Å². The summed E-state index contributed by atoms with van der Waals surface area (Å²) in [5, 5.41) is 3.92. The van der Waals surface area contributed by atoms with Crippen LogP contribution < -0.4 is 11.1 Å². The SMILES string of the molecule is CCCNC(=O)c1ncc2c(-c3cccnc3Cl)c(F)ccc2c1N. The van der Waals surface area contributed by atoms with Crippen molar-refractivity contribution in [3.8, 4) is 11.1 Å². The Bertz CT molecular complexity index is 961. The minimum absolute atomic E-state index is 0.121. The van der Waals surface area contributed by atoms with Gasteiger partial charge in [-0.1, -0.05) is 18.5 Å². The summed E-state index contributed by atoms with van der Waals surface area (Å²) in [7, 11) is 0. The molecule has 0 spiro atoms. The number of carbonyl (C=O) groups excluding carboxylic acids is 1. The van der Waals surface area contributed by atoms with Crippen LogP contribution in [0.5, 0.6) is 0 Å². The molecule has 1 aromatic carbocycles. The molecule has 0 aliphatic heterocycles. The van der Waals surface area contributed by atoms with Gasteiger partial charge in [-0.2, -0.15) is 0 Å². The van der Waals surface area contributed by atoms with Gasteiger partial charge in [0.15, 0.2) is 5.69 Å². The van der Waals surface area contributed by atoms with E-state index < -0.39 is 5.82 Å². The summed E-state index contributed by atoms with van der Waals surface area (Å²) in [6, 6.07) is 6.17. The summed E-state index contributed by atoms with van der Waals surface area (Å²) in [6.45, 7) is 2.47.